The van der Waals surface area contributed by atoms with E-state index in [1.54, 1.807) is 18.2 Å². The van der Waals surface area contributed by atoms with E-state index in [0.29, 0.717) is 16.7 Å². The van der Waals surface area contributed by atoms with Crippen molar-refractivity contribution in [2.24, 2.45) is 0 Å². The van der Waals surface area contributed by atoms with E-state index in [1.165, 1.54) is 11.0 Å². The molecule has 146 valence electrons. The third kappa shape index (κ3) is 3.08. The fourth-order valence-corrected chi connectivity index (χ4v) is 3.78. The molecule has 1 aromatic heterocycles. The number of alkyl halides is 1. The number of benzene rings is 1. The molecule has 0 radical (unpaired) electrons. The Bertz CT molecular complexity index is 1110. The fourth-order valence-electron chi connectivity index (χ4n) is 3.78. The summed E-state index contributed by atoms with van der Waals surface area (Å²) in [4.78, 5) is 41.9. The number of anilines is 1. The standard InChI is InChI=1S/C20H16FN5O3/c21-7-11-6-16(23)24-18(14(11)8-22)10-1-2-13-12(5-10)9-26(20(13)29)15-3-4-17(27)25-19(15)28/h1-2,5-6,15H,3-4,7,9H2,(H2,23,24)(H,25,27,28). The van der Waals surface area contributed by atoms with Gasteiger partial charge in [-0.2, -0.15) is 5.26 Å². The number of hydrogen-bond acceptors (Lipinski definition) is 6. The SMILES string of the molecule is N#Cc1c(CF)cc(N)nc1-c1ccc2c(c1)CN(C1CCC(=O)NC1=O)C2=O. The van der Waals surface area contributed by atoms with Crippen LogP contribution < -0.4 is 11.1 Å². The van der Waals surface area contributed by atoms with Crippen molar-refractivity contribution in [3.63, 3.8) is 0 Å². The van der Waals surface area contributed by atoms with Gasteiger partial charge in [0.25, 0.3) is 5.91 Å². The maximum atomic E-state index is 13.3. The summed E-state index contributed by atoms with van der Waals surface area (Å²) in [6.45, 7) is -0.663. The first-order chi connectivity index (χ1) is 13.9. The van der Waals surface area contributed by atoms with Crippen molar-refractivity contribution in [3.8, 4) is 17.3 Å². The number of piperidine rings is 1. The lowest BCUT2D eigenvalue weighted by Gasteiger charge is -2.29. The summed E-state index contributed by atoms with van der Waals surface area (Å²) in [5.74, 6) is -1.04. The monoisotopic (exact) mass is 393 g/mol. The molecule has 1 aromatic carbocycles. The minimum Gasteiger partial charge on any atom is -0.384 e. The summed E-state index contributed by atoms with van der Waals surface area (Å²) in [5, 5.41) is 11.7. The van der Waals surface area contributed by atoms with Crippen LogP contribution in [-0.4, -0.2) is 33.6 Å². The highest BCUT2D eigenvalue weighted by atomic mass is 19.1. The molecule has 0 saturated carbocycles. The van der Waals surface area contributed by atoms with Crippen LogP contribution in [0.2, 0.25) is 0 Å². The number of nitriles is 1. The number of nitrogens with zero attached hydrogens (tertiary/aromatic N) is 3. The van der Waals surface area contributed by atoms with E-state index in [4.69, 9.17) is 5.73 Å². The lowest BCUT2D eigenvalue weighted by molar-refractivity contribution is -0.136. The Labute approximate surface area is 165 Å². The van der Waals surface area contributed by atoms with E-state index < -0.39 is 18.6 Å². The Kier molecular flexibility index (Phi) is 4.47. The molecular formula is C20H16FN5O3. The minimum absolute atomic E-state index is 0.0907. The van der Waals surface area contributed by atoms with Crippen LogP contribution in [0, 0.1) is 11.3 Å². The van der Waals surface area contributed by atoms with Gasteiger partial charge in [-0.05, 0) is 30.2 Å². The molecule has 2 aliphatic rings. The Morgan fingerprint density at radius 1 is 1.31 bits per heavy atom. The number of amides is 3. The number of carbonyl (C=O) groups excluding carboxylic acids is 3. The Balaban J connectivity index is 1.71. The average Bonchev–Trinajstić information content (AvgIpc) is 3.03. The molecule has 2 aromatic rings. The predicted molar refractivity (Wildman–Crippen MR) is 99.7 cm³/mol. The molecule has 4 rings (SSSR count). The van der Waals surface area contributed by atoms with Gasteiger partial charge in [-0.15, -0.1) is 0 Å². The van der Waals surface area contributed by atoms with Crippen LogP contribution in [-0.2, 0) is 22.8 Å². The first-order valence-electron chi connectivity index (χ1n) is 8.96. The van der Waals surface area contributed by atoms with Crippen molar-refractivity contribution in [1.82, 2.24) is 15.2 Å². The van der Waals surface area contributed by atoms with Crippen LogP contribution in [0.3, 0.4) is 0 Å². The van der Waals surface area contributed by atoms with Gasteiger partial charge < -0.3 is 10.6 Å². The van der Waals surface area contributed by atoms with Crippen LogP contribution in [0.4, 0.5) is 10.2 Å². The Morgan fingerprint density at radius 3 is 2.79 bits per heavy atom. The van der Waals surface area contributed by atoms with Crippen molar-refractivity contribution in [2.45, 2.75) is 32.1 Å². The minimum atomic E-state index is -0.852. The molecule has 0 aliphatic carbocycles. The second-order valence-corrected chi connectivity index (χ2v) is 6.95. The molecule has 3 amide bonds. The highest BCUT2D eigenvalue weighted by Crippen LogP contribution is 2.33. The van der Waals surface area contributed by atoms with Gasteiger partial charge in [-0.1, -0.05) is 6.07 Å². The lowest BCUT2D eigenvalue weighted by Crippen LogP contribution is -2.52. The van der Waals surface area contributed by atoms with Crippen LogP contribution in [0.5, 0.6) is 0 Å². The first-order valence-corrected chi connectivity index (χ1v) is 8.96. The topological polar surface area (TPSA) is 129 Å². The molecule has 3 N–H and O–H groups in total. The third-order valence-electron chi connectivity index (χ3n) is 5.17. The van der Waals surface area contributed by atoms with Gasteiger partial charge in [0.15, 0.2) is 0 Å². The van der Waals surface area contributed by atoms with Gasteiger partial charge in [0.1, 0.15) is 24.6 Å². The van der Waals surface area contributed by atoms with Crippen molar-refractivity contribution >= 4 is 23.5 Å². The van der Waals surface area contributed by atoms with Crippen LogP contribution in [0.15, 0.2) is 24.3 Å². The number of carbonyl (C=O) groups is 3. The quantitative estimate of drug-likeness (QED) is 0.759. The van der Waals surface area contributed by atoms with Gasteiger partial charge in [0, 0.05) is 29.7 Å². The number of nitrogens with two attached hydrogens (primary N) is 1. The van der Waals surface area contributed by atoms with E-state index in [-0.39, 0.29) is 53.8 Å². The zero-order valence-corrected chi connectivity index (χ0v) is 15.2. The Hall–Kier alpha value is -3.80. The summed E-state index contributed by atoms with van der Waals surface area (Å²) in [6, 6.07) is 7.49. The number of halogens is 1. The molecule has 2 aliphatic heterocycles. The number of aromatic nitrogens is 1. The predicted octanol–water partition coefficient (Wildman–Crippen LogP) is 1.43. The number of rotatable bonds is 3. The molecule has 3 heterocycles. The molecule has 1 atom stereocenters. The molecule has 0 bridgehead atoms. The van der Waals surface area contributed by atoms with E-state index in [1.807, 2.05) is 6.07 Å². The smallest absolute Gasteiger partial charge is 0.255 e. The molecule has 1 unspecified atom stereocenters. The summed E-state index contributed by atoms with van der Waals surface area (Å²) in [5.41, 5.74) is 7.87. The second kappa shape index (κ2) is 6.98. The van der Waals surface area contributed by atoms with E-state index in [2.05, 4.69) is 10.3 Å². The Morgan fingerprint density at radius 2 is 2.10 bits per heavy atom. The molecule has 9 heteroatoms. The number of nitrogen functional groups attached to an aromatic ring is 1. The highest BCUT2D eigenvalue weighted by Gasteiger charge is 2.39. The van der Waals surface area contributed by atoms with Crippen molar-refractivity contribution in [3.05, 3.63) is 46.5 Å². The van der Waals surface area contributed by atoms with Gasteiger partial charge in [-0.25, -0.2) is 9.37 Å². The van der Waals surface area contributed by atoms with E-state index in [0.717, 1.165) is 0 Å². The maximum absolute atomic E-state index is 13.3. The van der Waals surface area contributed by atoms with Gasteiger partial charge in [0.05, 0.1) is 11.3 Å². The average molecular weight is 393 g/mol. The zero-order valence-electron chi connectivity index (χ0n) is 15.2. The molecule has 8 nitrogen and oxygen atoms in total. The molecular weight excluding hydrogens is 377 g/mol. The van der Waals surface area contributed by atoms with E-state index in [9.17, 15) is 24.0 Å². The molecule has 1 fully saturated rings. The summed E-state index contributed by atoms with van der Waals surface area (Å²) >= 11 is 0. The normalized spacial score (nSPS) is 18.4. The van der Waals surface area contributed by atoms with Crippen molar-refractivity contribution < 1.29 is 18.8 Å². The summed E-state index contributed by atoms with van der Waals surface area (Å²) < 4.78 is 13.3. The first kappa shape index (κ1) is 18.6. The van der Waals surface area contributed by atoms with Crippen molar-refractivity contribution in [2.75, 3.05) is 5.73 Å². The number of pyridine rings is 1. The second-order valence-electron chi connectivity index (χ2n) is 6.95. The van der Waals surface area contributed by atoms with Gasteiger partial charge >= 0.3 is 0 Å². The largest absolute Gasteiger partial charge is 0.384 e. The zero-order chi connectivity index (χ0) is 20.7. The van der Waals surface area contributed by atoms with Gasteiger partial charge in [0.2, 0.25) is 11.8 Å². The van der Waals surface area contributed by atoms with Gasteiger partial charge in [-0.3, -0.25) is 19.7 Å². The lowest BCUT2D eigenvalue weighted by atomic mass is 9.99. The maximum Gasteiger partial charge on any atom is 0.255 e. The van der Waals surface area contributed by atoms with Crippen LogP contribution >= 0.6 is 0 Å². The van der Waals surface area contributed by atoms with Crippen LogP contribution in [0.25, 0.3) is 11.3 Å². The third-order valence-corrected chi connectivity index (χ3v) is 5.17. The number of nitrogens with one attached hydrogen (secondary N) is 1. The number of imide groups is 1. The molecule has 1 saturated heterocycles. The highest BCUT2D eigenvalue weighted by molar-refractivity contribution is 6.05. The molecule has 0 spiro atoms. The summed E-state index contributed by atoms with van der Waals surface area (Å²) in [7, 11) is 0. The molecule has 29 heavy (non-hydrogen) atoms. The van der Waals surface area contributed by atoms with Crippen molar-refractivity contribution in [1.29, 1.82) is 5.26 Å². The number of hydrogen-bond donors (Lipinski definition) is 2. The summed E-state index contributed by atoms with van der Waals surface area (Å²) in [6.07, 6.45) is 0.443. The fraction of sp³-hybridized carbons (Fsp3) is 0.250. The van der Waals surface area contributed by atoms with Crippen LogP contribution in [0.1, 0.15) is 39.9 Å². The van der Waals surface area contributed by atoms with E-state index >= 15 is 0 Å². The number of fused-ring (bicyclic) bond motifs is 1.